The van der Waals surface area contributed by atoms with Crippen molar-refractivity contribution in [2.75, 3.05) is 39.7 Å². The zero-order chi connectivity index (χ0) is 25.9. The third kappa shape index (κ3) is 10.5. The summed E-state index contributed by atoms with van der Waals surface area (Å²) in [6.07, 6.45) is 0.752. The van der Waals surface area contributed by atoms with Gasteiger partial charge in [0.2, 0.25) is 0 Å². The Morgan fingerprint density at radius 3 is 2.47 bits per heavy atom. The van der Waals surface area contributed by atoms with Gasteiger partial charge in [-0.3, -0.25) is 18.4 Å². The molecule has 0 saturated carbocycles. The van der Waals surface area contributed by atoms with E-state index in [9.17, 15) is 24.1 Å². The van der Waals surface area contributed by atoms with E-state index in [2.05, 4.69) is 40.3 Å². The van der Waals surface area contributed by atoms with Crippen LogP contribution in [0.3, 0.4) is 0 Å². The van der Waals surface area contributed by atoms with Gasteiger partial charge in [-0.2, -0.15) is 4.98 Å². The van der Waals surface area contributed by atoms with Crippen LogP contribution in [-0.2, 0) is 32.7 Å². The van der Waals surface area contributed by atoms with E-state index in [4.69, 9.17) is 14.8 Å². The summed E-state index contributed by atoms with van der Waals surface area (Å²) >= 11 is 1.21. The first-order chi connectivity index (χ1) is 15.9. The van der Waals surface area contributed by atoms with E-state index in [0.717, 1.165) is 20.1 Å². The van der Waals surface area contributed by atoms with Gasteiger partial charge in [0, 0.05) is 11.4 Å². The van der Waals surface area contributed by atoms with Gasteiger partial charge in [-0.15, -0.1) is 11.8 Å². The van der Waals surface area contributed by atoms with Crippen molar-refractivity contribution in [3.8, 4) is 0 Å². The summed E-state index contributed by atoms with van der Waals surface area (Å²) in [6.45, 7) is 5.18. The van der Waals surface area contributed by atoms with Crippen molar-refractivity contribution in [2.24, 2.45) is 5.92 Å². The van der Waals surface area contributed by atoms with Crippen LogP contribution < -0.4 is 16.5 Å². The highest BCUT2D eigenvalue weighted by Crippen LogP contribution is 2.47. The number of methoxy groups -OCH3 is 2. The summed E-state index contributed by atoms with van der Waals surface area (Å²) in [6, 6.07) is 1.43. The summed E-state index contributed by atoms with van der Waals surface area (Å²) in [5.74, 6) is -0.616. The lowest BCUT2D eigenvalue weighted by molar-refractivity contribution is -0.143. The van der Waals surface area contributed by atoms with E-state index in [-0.39, 0.29) is 24.1 Å². The number of nitrogens with zero attached hydrogens (tertiary/aromatic N) is 2. The Balaban J connectivity index is 0.00000133. The number of hydrogen-bond donors (Lipinski definition) is 3. The number of aromatic nitrogens is 2. The molecule has 1 aromatic heterocycles. The molecule has 13 nitrogen and oxygen atoms in total. The van der Waals surface area contributed by atoms with Crippen LogP contribution in [0, 0.1) is 5.92 Å². The molecule has 0 bridgehead atoms. The number of thioether (sulfide) groups is 1. The monoisotopic (exact) mass is 524 g/mol. The number of anilines is 1. The molecular weight excluding hydrogens is 491 g/mol. The number of aliphatic hydroxyl groups is 1. The van der Waals surface area contributed by atoms with E-state index in [0.29, 0.717) is 0 Å². The zero-order valence-electron chi connectivity index (χ0n) is 19.8. The molecule has 1 aliphatic rings. The minimum atomic E-state index is -4.08. The Labute approximate surface area is 202 Å². The predicted octanol–water partition coefficient (Wildman–Crippen LogP) is 0.930. The molecule has 0 radical (unpaired) electrons. The number of esters is 2. The second-order valence-corrected chi connectivity index (χ2v) is 11.0. The average Bonchev–Trinajstić information content (AvgIpc) is 3.14. The maximum absolute atomic E-state index is 12.8. The van der Waals surface area contributed by atoms with Gasteiger partial charge in [-0.05, 0) is 18.4 Å². The van der Waals surface area contributed by atoms with Crippen molar-refractivity contribution in [3.05, 3.63) is 22.7 Å². The Bertz CT molecular complexity index is 887. The third-order valence-electron chi connectivity index (χ3n) is 3.95. The van der Waals surface area contributed by atoms with Crippen LogP contribution in [0.25, 0.3) is 0 Å². The first kappa shape index (κ1) is 30.1. The molecule has 1 aromatic rings. The van der Waals surface area contributed by atoms with Crippen LogP contribution >= 0.6 is 19.5 Å². The fourth-order valence-electron chi connectivity index (χ4n) is 2.45. The fraction of sp³-hybridized carbons (Fsp3) is 0.684. The zero-order valence-corrected chi connectivity index (χ0v) is 21.5. The van der Waals surface area contributed by atoms with Crippen LogP contribution in [-0.4, -0.2) is 71.9 Å². The van der Waals surface area contributed by atoms with Crippen LogP contribution in [0.4, 0.5) is 5.82 Å². The van der Waals surface area contributed by atoms with Gasteiger partial charge in [0.25, 0.3) is 0 Å². The molecule has 0 spiro atoms. The molecule has 1 aliphatic heterocycles. The summed E-state index contributed by atoms with van der Waals surface area (Å²) in [5.41, 5.74) is 4.86. The molecule has 2 rings (SSSR count). The first-order valence-electron chi connectivity index (χ1n) is 10.4. The lowest BCUT2D eigenvalue weighted by Gasteiger charge is -2.20. The van der Waals surface area contributed by atoms with E-state index >= 15 is 0 Å². The molecule has 0 aromatic carbocycles. The second kappa shape index (κ2) is 14.4. The maximum Gasteiger partial charge on any atom is 0.406 e. The number of rotatable bonds is 10. The van der Waals surface area contributed by atoms with Gasteiger partial charge in [0.15, 0.2) is 6.61 Å². The molecule has 34 heavy (non-hydrogen) atoms. The SMILES string of the molecule is CC(C)C.COC(=O)CNP(=O)(OCC(=O)OC)OCC1CC(O)C(n2ccc(N)nc2=O)S1. The summed E-state index contributed by atoms with van der Waals surface area (Å²) in [7, 11) is -1.80. The molecule has 15 heteroatoms. The van der Waals surface area contributed by atoms with Gasteiger partial charge in [0.05, 0.1) is 26.9 Å². The van der Waals surface area contributed by atoms with Crippen molar-refractivity contribution >= 4 is 37.3 Å². The molecule has 4 unspecified atom stereocenters. The molecular formula is C19H33N4O9PS. The van der Waals surface area contributed by atoms with E-state index < -0.39 is 50.0 Å². The summed E-state index contributed by atoms with van der Waals surface area (Å²) in [5, 5.41) is 11.6. The Kier molecular flexibility index (Phi) is 12.8. The van der Waals surface area contributed by atoms with Crippen LogP contribution in [0.1, 0.15) is 32.6 Å². The van der Waals surface area contributed by atoms with Gasteiger partial charge in [-0.25, -0.2) is 19.2 Å². The molecule has 4 atom stereocenters. The van der Waals surface area contributed by atoms with Gasteiger partial charge in [0.1, 0.15) is 17.7 Å². The van der Waals surface area contributed by atoms with Crippen LogP contribution in [0.2, 0.25) is 0 Å². The van der Waals surface area contributed by atoms with Crippen molar-refractivity contribution in [1.29, 1.82) is 0 Å². The molecule has 0 aliphatic carbocycles. The molecule has 2 heterocycles. The van der Waals surface area contributed by atoms with Gasteiger partial charge >= 0.3 is 25.4 Å². The topological polar surface area (TPSA) is 181 Å². The van der Waals surface area contributed by atoms with Crippen molar-refractivity contribution in [3.63, 3.8) is 0 Å². The number of nitrogens with two attached hydrogens (primary N) is 1. The lowest BCUT2D eigenvalue weighted by Crippen LogP contribution is -2.29. The summed E-state index contributed by atoms with van der Waals surface area (Å²) < 4.78 is 33.3. The summed E-state index contributed by atoms with van der Waals surface area (Å²) in [4.78, 5) is 38.2. The molecule has 194 valence electrons. The molecule has 0 amide bonds. The number of aliphatic hydroxyl groups excluding tert-OH is 1. The molecule has 1 saturated heterocycles. The van der Waals surface area contributed by atoms with E-state index in [1.54, 1.807) is 0 Å². The predicted molar refractivity (Wildman–Crippen MR) is 126 cm³/mol. The number of nitrogens with one attached hydrogen (secondary N) is 1. The average molecular weight is 525 g/mol. The van der Waals surface area contributed by atoms with Crippen LogP contribution in [0.15, 0.2) is 17.1 Å². The minimum absolute atomic E-state index is 0.0639. The number of ether oxygens (including phenoxy) is 2. The Morgan fingerprint density at radius 2 is 1.91 bits per heavy atom. The Hall–Kier alpha value is -1.96. The quantitative estimate of drug-likeness (QED) is 0.291. The second-order valence-electron chi connectivity index (χ2n) is 7.78. The normalized spacial score (nSPS) is 21.3. The molecule has 1 fully saturated rings. The van der Waals surface area contributed by atoms with Crippen molar-refractivity contribution in [2.45, 2.75) is 43.9 Å². The Morgan fingerprint density at radius 1 is 1.29 bits per heavy atom. The van der Waals surface area contributed by atoms with Crippen LogP contribution in [0.5, 0.6) is 0 Å². The highest BCUT2D eigenvalue weighted by atomic mass is 32.2. The van der Waals surface area contributed by atoms with E-state index in [1.165, 1.54) is 28.6 Å². The smallest absolute Gasteiger partial charge is 0.406 e. The molecule has 4 N–H and O–H groups in total. The first-order valence-corrected chi connectivity index (χ1v) is 12.8. The van der Waals surface area contributed by atoms with Crippen molar-refractivity contribution < 1.29 is 37.8 Å². The highest BCUT2D eigenvalue weighted by molar-refractivity contribution is 8.00. The third-order valence-corrected chi connectivity index (χ3v) is 6.98. The number of hydrogen-bond acceptors (Lipinski definition) is 12. The maximum atomic E-state index is 12.8. The minimum Gasteiger partial charge on any atom is -0.468 e. The lowest BCUT2D eigenvalue weighted by atomic mass is 10.2. The highest BCUT2D eigenvalue weighted by Gasteiger charge is 2.38. The standard InChI is InChI=1S/C15H23N4O9PS.C4H10/c1-25-12(21)6-17-29(24,28-8-13(22)26-2)27-7-9-5-10(20)14(30-9)19-4-3-11(16)18-15(19)23;1-4(2)3/h3-4,9-10,14,20H,5-8H2,1-2H3,(H,17,24)(H2,16,18,23);4H,1-3H3. The number of carbonyl (C=O) groups excluding carboxylic acids is 2. The van der Waals surface area contributed by atoms with Crippen molar-refractivity contribution in [1.82, 2.24) is 14.6 Å². The number of nitrogen functional groups attached to an aromatic ring is 1. The van der Waals surface area contributed by atoms with Gasteiger partial charge in [-0.1, -0.05) is 20.8 Å². The number of carbonyl (C=O) groups is 2. The van der Waals surface area contributed by atoms with Gasteiger partial charge < -0.3 is 20.3 Å². The fourth-order valence-corrected chi connectivity index (χ4v) is 5.21. The largest absolute Gasteiger partial charge is 0.468 e. The van der Waals surface area contributed by atoms with E-state index in [1.807, 2.05) is 0 Å².